The van der Waals surface area contributed by atoms with Crippen LogP contribution < -0.4 is 14.4 Å². The van der Waals surface area contributed by atoms with Gasteiger partial charge in [0.25, 0.3) is 10.0 Å². The largest absolute Gasteiger partial charge is 0.490 e. The summed E-state index contributed by atoms with van der Waals surface area (Å²) in [5.41, 5.74) is 2.95. The highest BCUT2D eigenvalue weighted by Crippen LogP contribution is 2.47. The third-order valence-electron chi connectivity index (χ3n) is 10.8. The zero-order valence-electron chi connectivity index (χ0n) is 27.6. The van der Waals surface area contributed by atoms with E-state index in [0.717, 1.165) is 49.4 Å². The van der Waals surface area contributed by atoms with Crippen LogP contribution in [-0.4, -0.2) is 74.2 Å². The summed E-state index contributed by atoms with van der Waals surface area (Å²) in [5, 5.41) is 0.731. The van der Waals surface area contributed by atoms with Crippen LogP contribution in [0.2, 0.25) is 5.02 Å². The Bertz CT molecular complexity index is 1580. The van der Waals surface area contributed by atoms with Gasteiger partial charge in [-0.05, 0) is 97.7 Å². The van der Waals surface area contributed by atoms with Gasteiger partial charge in [0.1, 0.15) is 5.75 Å². The van der Waals surface area contributed by atoms with E-state index in [1.165, 1.54) is 17.2 Å². The zero-order valence-corrected chi connectivity index (χ0v) is 29.2. The molecular formula is C36H47ClN2O7S. The van der Waals surface area contributed by atoms with Crippen molar-refractivity contribution in [3.8, 4) is 5.75 Å². The number of methoxy groups -OCH3 is 2. The summed E-state index contributed by atoms with van der Waals surface area (Å²) in [7, 11) is -0.846. The second-order valence-electron chi connectivity index (χ2n) is 13.7. The molecule has 1 fully saturated rings. The van der Waals surface area contributed by atoms with Crippen molar-refractivity contribution in [1.29, 1.82) is 0 Å². The average Bonchev–Trinajstić information content (AvgIpc) is 3.18. The lowest BCUT2D eigenvalue weighted by atomic mass is 9.68. The van der Waals surface area contributed by atoms with Gasteiger partial charge >= 0.3 is 0 Å². The standard InChI is InChI=1S/C36H47ClN2O7S/c1-24-6-4-8-33(44-3)29-12-9-26(29)20-39-22-36(15-5-7-25-18-27(37)10-13-31(25)36)23-46-34-14-11-28(19-32(34)39)47(41,42)38-35(40)30(24)21-45-17-16-43-2/h4,8,10-11,13-14,18-19,24,26,29-30,33H,5-7,9,12,15-17,20-23H2,1-3H3,(H,38,40)/b8-4-/t24-,26-,29+,30+,33+,36-/m0/s1. The Morgan fingerprint density at radius 2 is 1.98 bits per heavy atom. The highest BCUT2D eigenvalue weighted by atomic mass is 35.5. The summed E-state index contributed by atoms with van der Waals surface area (Å²) in [6.45, 7) is 4.62. The quantitative estimate of drug-likeness (QED) is 0.313. The Balaban J connectivity index is 1.39. The lowest BCUT2D eigenvalue weighted by molar-refractivity contribution is -0.127. The fourth-order valence-electron chi connectivity index (χ4n) is 7.90. The molecule has 4 aliphatic rings. The van der Waals surface area contributed by atoms with Gasteiger partial charge in [0.2, 0.25) is 5.91 Å². The Kier molecular flexibility index (Phi) is 10.5. The van der Waals surface area contributed by atoms with Gasteiger partial charge in [0.15, 0.2) is 0 Å². The number of halogens is 1. The summed E-state index contributed by atoms with van der Waals surface area (Å²) in [6, 6.07) is 11.1. The lowest BCUT2D eigenvalue weighted by Gasteiger charge is -2.46. The molecule has 47 heavy (non-hydrogen) atoms. The molecular weight excluding hydrogens is 640 g/mol. The minimum absolute atomic E-state index is 0.0311. The molecule has 2 aliphatic carbocycles. The van der Waals surface area contributed by atoms with E-state index in [9.17, 15) is 13.2 Å². The van der Waals surface area contributed by atoms with Gasteiger partial charge in [-0.1, -0.05) is 36.7 Å². The van der Waals surface area contributed by atoms with E-state index in [0.29, 0.717) is 50.4 Å². The van der Waals surface area contributed by atoms with Crippen LogP contribution in [0.5, 0.6) is 5.75 Å². The topological polar surface area (TPSA) is 103 Å². The summed E-state index contributed by atoms with van der Waals surface area (Å²) >= 11 is 6.43. The van der Waals surface area contributed by atoms with E-state index < -0.39 is 21.8 Å². The number of hydrogen-bond donors (Lipinski definition) is 1. The molecule has 6 atom stereocenters. The van der Waals surface area contributed by atoms with Gasteiger partial charge in [-0.2, -0.15) is 0 Å². The highest BCUT2D eigenvalue weighted by molar-refractivity contribution is 7.90. The minimum atomic E-state index is -4.19. The maximum absolute atomic E-state index is 13.8. The monoisotopic (exact) mass is 686 g/mol. The number of carbonyl (C=O) groups is 1. The third kappa shape index (κ3) is 7.22. The summed E-state index contributed by atoms with van der Waals surface area (Å²) < 4.78 is 53.4. The fraction of sp³-hybridized carbons (Fsp3) is 0.583. The van der Waals surface area contributed by atoms with Gasteiger partial charge in [0.05, 0.1) is 49.0 Å². The van der Waals surface area contributed by atoms with Crippen molar-refractivity contribution in [2.75, 3.05) is 58.6 Å². The van der Waals surface area contributed by atoms with Crippen LogP contribution in [0.1, 0.15) is 50.2 Å². The van der Waals surface area contributed by atoms with Crippen LogP contribution in [-0.2, 0) is 40.9 Å². The molecule has 2 aromatic carbocycles. The average molecular weight is 687 g/mol. The van der Waals surface area contributed by atoms with Crippen LogP contribution in [0, 0.1) is 23.7 Å². The summed E-state index contributed by atoms with van der Waals surface area (Å²) in [5.74, 6) is -0.121. The molecule has 9 nitrogen and oxygen atoms in total. The number of rotatable bonds is 6. The third-order valence-corrected chi connectivity index (χ3v) is 12.3. The van der Waals surface area contributed by atoms with E-state index in [1.807, 2.05) is 13.0 Å². The molecule has 6 rings (SSSR count). The Labute approximate surface area is 284 Å². The van der Waals surface area contributed by atoms with Crippen molar-refractivity contribution in [1.82, 2.24) is 4.72 Å². The second-order valence-corrected chi connectivity index (χ2v) is 15.8. The van der Waals surface area contributed by atoms with Crippen LogP contribution in [0.25, 0.3) is 0 Å². The van der Waals surface area contributed by atoms with Crippen LogP contribution >= 0.6 is 11.6 Å². The molecule has 1 saturated carbocycles. The SMILES string of the molecule is COCCOC[C@H]1C(=O)NS(=O)(=O)c2ccc3c(c2)N(C[C@@H]2CC[C@H]2[C@H](OC)/C=C\C[C@@H]1C)C[C@@]1(CCCc2cc(Cl)ccc21)CO3. The van der Waals surface area contributed by atoms with Gasteiger partial charge in [-0.25, -0.2) is 13.1 Å². The number of sulfonamides is 1. The molecule has 2 heterocycles. The van der Waals surface area contributed by atoms with Crippen LogP contribution in [0.4, 0.5) is 5.69 Å². The second kappa shape index (κ2) is 14.5. The molecule has 0 radical (unpaired) electrons. The first-order valence-electron chi connectivity index (χ1n) is 16.8. The number of hydrogen-bond acceptors (Lipinski definition) is 8. The first-order chi connectivity index (χ1) is 22.6. The number of fused-ring (bicyclic) bond motifs is 4. The number of amides is 1. The van der Waals surface area contributed by atoms with Crippen LogP contribution in [0.15, 0.2) is 53.4 Å². The van der Waals surface area contributed by atoms with Crippen LogP contribution in [0.3, 0.4) is 0 Å². The van der Waals surface area contributed by atoms with E-state index in [2.05, 4.69) is 33.9 Å². The van der Waals surface area contributed by atoms with E-state index in [1.54, 1.807) is 26.4 Å². The highest BCUT2D eigenvalue weighted by Gasteiger charge is 2.44. The molecule has 1 N–H and O–H groups in total. The number of nitrogens with zero attached hydrogens (tertiary/aromatic N) is 1. The lowest BCUT2D eigenvalue weighted by Crippen LogP contribution is -2.49. The molecule has 0 unspecified atom stereocenters. The van der Waals surface area contributed by atoms with Gasteiger partial charge in [-0.3, -0.25) is 4.79 Å². The number of allylic oxidation sites excluding steroid dienone is 1. The van der Waals surface area contributed by atoms with E-state index >= 15 is 0 Å². The molecule has 2 aromatic rings. The number of benzene rings is 2. The Morgan fingerprint density at radius 1 is 1.13 bits per heavy atom. The number of carbonyl (C=O) groups excluding carboxylic acids is 1. The van der Waals surface area contributed by atoms with E-state index in [4.69, 9.17) is 30.5 Å². The molecule has 11 heteroatoms. The van der Waals surface area contributed by atoms with Crippen molar-refractivity contribution in [3.63, 3.8) is 0 Å². The number of anilines is 1. The molecule has 256 valence electrons. The van der Waals surface area contributed by atoms with Gasteiger partial charge in [0, 0.05) is 37.7 Å². The Morgan fingerprint density at radius 3 is 2.74 bits per heavy atom. The normalized spacial score (nSPS) is 31.0. The maximum Gasteiger partial charge on any atom is 0.264 e. The summed E-state index contributed by atoms with van der Waals surface area (Å²) in [4.78, 5) is 16.0. The van der Waals surface area contributed by atoms with E-state index in [-0.39, 0.29) is 28.9 Å². The van der Waals surface area contributed by atoms with Crippen molar-refractivity contribution in [3.05, 3.63) is 64.7 Å². The van der Waals surface area contributed by atoms with Crippen molar-refractivity contribution < 1.29 is 32.2 Å². The predicted molar refractivity (Wildman–Crippen MR) is 182 cm³/mol. The smallest absolute Gasteiger partial charge is 0.264 e. The predicted octanol–water partition coefficient (Wildman–Crippen LogP) is 5.53. The number of nitrogens with one attached hydrogen (secondary N) is 1. The Hall–Kier alpha value is -2.63. The first-order valence-corrected chi connectivity index (χ1v) is 18.6. The fourth-order valence-corrected chi connectivity index (χ4v) is 9.15. The number of ether oxygens (including phenoxy) is 4. The van der Waals surface area contributed by atoms with Crippen molar-refractivity contribution in [2.24, 2.45) is 23.7 Å². The molecule has 2 bridgehead atoms. The van der Waals surface area contributed by atoms with Crippen molar-refractivity contribution >= 4 is 33.2 Å². The first kappa shape index (κ1) is 34.2. The molecule has 1 spiro atoms. The molecule has 0 saturated heterocycles. The number of aryl methyl sites for hydroxylation is 1. The van der Waals surface area contributed by atoms with Gasteiger partial charge < -0.3 is 23.8 Å². The van der Waals surface area contributed by atoms with Crippen molar-refractivity contribution in [2.45, 2.75) is 61.9 Å². The zero-order chi connectivity index (χ0) is 33.2. The minimum Gasteiger partial charge on any atom is -0.490 e. The molecule has 2 aliphatic heterocycles. The molecule has 0 aromatic heterocycles. The maximum atomic E-state index is 13.8. The molecule has 1 amide bonds. The summed E-state index contributed by atoms with van der Waals surface area (Å²) in [6.07, 6.45) is 9.78. The van der Waals surface area contributed by atoms with Gasteiger partial charge in [-0.15, -0.1) is 0 Å².